The maximum Gasteiger partial charge on any atom is 0.407 e. The van der Waals surface area contributed by atoms with Crippen molar-refractivity contribution in [3.8, 4) is 0 Å². The number of hydrogen-bond donors (Lipinski definition) is 1. The predicted octanol–water partition coefficient (Wildman–Crippen LogP) is 3.41. The van der Waals surface area contributed by atoms with Crippen LogP contribution in [0.15, 0.2) is 42.5 Å². The molecule has 18 heavy (non-hydrogen) atoms. The standard InChI is InChI=1S/C15H19NO2/c17-15(16-14-10-6-1-2-7-11-14)18-12-13-8-4-3-5-9-13/h3-6,8-10,14H,1-2,7,11-12H2,(H,16,17). The number of rotatable bonds is 3. The minimum Gasteiger partial charge on any atom is -0.445 e. The van der Waals surface area contributed by atoms with Gasteiger partial charge in [0.2, 0.25) is 0 Å². The highest BCUT2D eigenvalue weighted by Gasteiger charge is 2.11. The van der Waals surface area contributed by atoms with Crippen molar-refractivity contribution in [3.63, 3.8) is 0 Å². The Morgan fingerprint density at radius 2 is 2.11 bits per heavy atom. The van der Waals surface area contributed by atoms with E-state index in [1.165, 1.54) is 6.42 Å². The third-order valence-corrected chi connectivity index (χ3v) is 3.02. The smallest absolute Gasteiger partial charge is 0.407 e. The summed E-state index contributed by atoms with van der Waals surface area (Å²) in [6, 6.07) is 9.82. The first-order valence-corrected chi connectivity index (χ1v) is 6.48. The summed E-state index contributed by atoms with van der Waals surface area (Å²) < 4.78 is 5.19. The molecule has 1 aliphatic rings. The van der Waals surface area contributed by atoms with E-state index in [-0.39, 0.29) is 12.1 Å². The Morgan fingerprint density at radius 3 is 2.94 bits per heavy atom. The van der Waals surface area contributed by atoms with Crippen LogP contribution < -0.4 is 5.32 Å². The topological polar surface area (TPSA) is 38.3 Å². The van der Waals surface area contributed by atoms with Gasteiger partial charge in [0.05, 0.1) is 6.04 Å². The van der Waals surface area contributed by atoms with Gasteiger partial charge in [-0.3, -0.25) is 0 Å². The van der Waals surface area contributed by atoms with Crippen molar-refractivity contribution >= 4 is 6.09 Å². The number of amides is 1. The Hall–Kier alpha value is -1.77. The molecule has 3 heteroatoms. The van der Waals surface area contributed by atoms with Crippen LogP contribution in [0.2, 0.25) is 0 Å². The lowest BCUT2D eigenvalue weighted by molar-refractivity contribution is 0.137. The number of hydrogen-bond acceptors (Lipinski definition) is 2. The minimum atomic E-state index is -0.338. The van der Waals surface area contributed by atoms with Crippen LogP contribution in [0.3, 0.4) is 0 Å². The van der Waals surface area contributed by atoms with E-state index in [4.69, 9.17) is 4.74 Å². The molecule has 0 aromatic heterocycles. The van der Waals surface area contributed by atoms with E-state index < -0.39 is 0 Å². The zero-order valence-electron chi connectivity index (χ0n) is 10.5. The molecule has 0 spiro atoms. The number of ether oxygens (including phenoxy) is 1. The molecule has 1 aromatic carbocycles. The lowest BCUT2D eigenvalue weighted by atomic mass is 10.1. The van der Waals surface area contributed by atoms with Crippen LogP contribution in [0.25, 0.3) is 0 Å². The lowest BCUT2D eigenvalue weighted by Crippen LogP contribution is -2.33. The molecule has 0 heterocycles. The highest BCUT2D eigenvalue weighted by molar-refractivity contribution is 5.67. The molecule has 0 bridgehead atoms. The molecule has 1 atom stereocenters. The molecule has 1 unspecified atom stereocenters. The van der Waals surface area contributed by atoms with E-state index in [9.17, 15) is 4.79 Å². The molecule has 1 aliphatic carbocycles. The van der Waals surface area contributed by atoms with Crippen molar-refractivity contribution in [2.45, 2.75) is 38.3 Å². The zero-order chi connectivity index (χ0) is 12.6. The van der Waals surface area contributed by atoms with Crippen molar-refractivity contribution in [1.82, 2.24) is 5.32 Å². The van der Waals surface area contributed by atoms with Crippen LogP contribution in [0.1, 0.15) is 31.2 Å². The van der Waals surface area contributed by atoms with Gasteiger partial charge >= 0.3 is 6.09 Å². The van der Waals surface area contributed by atoms with Gasteiger partial charge in [0.25, 0.3) is 0 Å². The average molecular weight is 245 g/mol. The first-order valence-electron chi connectivity index (χ1n) is 6.48. The number of nitrogens with one attached hydrogen (secondary N) is 1. The molecule has 0 fully saturated rings. The summed E-state index contributed by atoms with van der Waals surface area (Å²) in [7, 11) is 0. The van der Waals surface area contributed by atoms with Gasteiger partial charge in [-0.25, -0.2) is 4.79 Å². The van der Waals surface area contributed by atoms with Crippen LogP contribution in [0.4, 0.5) is 4.79 Å². The quantitative estimate of drug-likeness (QED) is 0.829. The molecule has 2 rings (SSSR count). The minimum absolute atomic E-state index is 0.121. The first-order chi connectivity index (χ1) is 8.84. The number of carbonyl (C=O) groups is 1. The van der Waals surface area contributed by atoms with Gasteiger partial charge in [0.1, 0.15) is 6.61 Å². The second-order valence-electron chi connectivity index (χ2n) is 4.53. The second kappa shape index (κ2) is 6.84. The Bertz CT molecular complexity index is 400. The average Bonchev–Trinajstić information content (AvgIpc) is 2.66. The first kappa shape index (κ1) is 12.7. The number of alkyl carbamates (subject to hydrolysis) is 1. The van der Waals surface area contributed by atoms with E-state index in [1.54, 1.807) is 0 Å². The van der Waals surface area contributed by atoms with Crippen LogP contribution in [0, 0.1) is 0 Å². The maximum atomic E-state index is 11.6. The van der Waals surface area contributed by atoms with Crippen molar-refractivity contribution in [1.29, 1.82) is 0 Å². The Morgan fingerprint density at radius 1 is 1.28 bits per heavy atom. The molecular weight excluding hydrogens is 226 g/mol. The van der Waals surface area contributed by atoms with Gasteiger partial charge in [-0.05, 0) is 24.8 Å². The Balaban J connectivity index is 1.75. The fraction of sp³-hybridized carbons (Fsp3) is 0.400. The summed E-state index contributed by atoms with van der Waals surface area (Å²) in [5.41, 5.74) is 1.00. The van der Waals surface area contributed by atoms with E-state index >= 15 is 0 Å². The highest BCUT2D eigenvalue weighted by atomic mass is 16.5. The largest absolute Gasteiger partial charge is 0.445 e. The summed E-state index contributed by atoms with van der Waals surface area (Å²) >= 11 is 0. The maximum absolute atomic E-state index is 11.6. The third kappa shape index (κ3) is 4.24. The van der Waals surface area contributed by atoms with Crippen LogP contribution in [-0.4, -0.2) is 12.1 Å². The normalized spacial score (nSPS) is 19.0. The Labute approximate surface area is 108 Å². The fourth-order valence-corrected chi connectivity index (χ4v) is 2.02. The van der Waals surface area contributed by atoms with Gasteiger partial charge in [-0.1, -0.05) is 48.9 Å². The molecule has 0 saturated heterocycles. The van der Waals surface area contributed by atoms with Crippen LogP contribution in [-0.2, 0) is 11.3 Å². The molecule has 1 amide bonds. The van der Waals surface area contributed by atoms with E-state index in [2.05, 4.69) is 17.5 Å². The monoisotopic (exact) mass is 245 g/mol. The van der Waals surface area contributed by atoms with Gasteiger partial charge in [-0.15, -0.1) is 0 Å². The predicted molar refractivity (Wildman–Crippen MR) is 71.2 cm³/mol. The third-order valence-electron chi connectivity index (χ3n) is 3.02. The van der Waals surface area contributed by atoms with Gasteiger partial charge in [-0.2, -0.15) is 0 Å². The molecule has 96 valence electrons. The van der Waals surface area contributed by atoms with E-state index in [0.29, 0.717) is 6.61 Å². The van der Waals surface area contributed by atoms with Gasteiger partial charge in [0, 0.05) is 0 Å². The molecule has 1 aromatic rings. The summed E-state index contributed by atoms with van der Waals surface area (Å²) in [5, 5.41) is 2.88. The number of allylic oxidation sites excluding steroid dienone is 1. The lowest BCUT2D eigenvalue weighted by Gasteiger charge is -2.13. The zero-order valence-corrected chi connectivity index (χ0v) is 10.5. The summed E-state index contributed by atoms with van der Waals surface area (Å²) in [5.74, 6) is 0. The van der Waals surface area contributed by atoms with E-state index in [0.717, 1.165) is 24.8 Å². The van der Waals surface area contributed by atoms with Crippen molar-refractivity contribution in [2.24, 2.45) is 0 Å². The number of benzene rings is 1. The summed E-state index contributed by atoms with van der Waals surface area (Å²) in [4.78, 5) is 11.6. The number of carbonyl (C=O) groups excluding carboxylic acids is 1. The van der Waals surface area contributed by atoms with Crippen molar-refractivity contribution < 1.29 is 9.53 Å². The second-order valence-corrected chi connectivity index (χ2v) is 4.53. The molecule has 0 aliphatic heterocycles. The molecular formula is C15H19NO2. The Kier molecular flexibility index (Phi) is 4.82. The van der Waals surface area contributed by atoms with Crippen LogP contribution in [0.5, 0.6) is 0 Å². The molecule has 0 radical (unpaired) electrons. The highest BCUT2D eigenvalue weighted by Crippen LogP contribution is 2.11. The van der Waals surface area contributed by atoms with Crippen molar-refractivity contribution in [2.75, 3.05) is 0 Å². The van der Waals surface area contributed by atoms with Crippen molar-refractivity contribution in [3.05, 3.63) is 48.0 Å². The fourth-order valence-electron chi connectivity index (χ4n) is 2.02. The van der Waals surface area contributed by atoms with Crippen LogP contribution >= 0.6 is 0 Å². The molecule has 1 N–H and O–H groups in total. The molecule has 0 saturated carbocycles. The summed E-state index contributed by atoms with van der Waals surface area (Å²) in [6.07, 6.45) is 8.32. The van der Waals surface area contributed by atoms with E-state index in [1.807, 2.05) is 30.3 Å². The SMILES string of the molecule is O=C(NC1C=CCCCC1)OCc1ccccc1. The van der Waals surface area contributed by atoms with Gasteiger partial charge < -0.3 is 10.1 Å². The molecule has 3 nitrogen and oxygen atoms in total. The summed E-state index contributed by atoms with van der Waals surface area (Å²) in [6.45, 7) is 0.323. The van der Waals surface area contributed by atoms with Gasteiger partial charge in [0.15, 0.2) is 0 Å².